The Hall–Kier alpha value is -0.980. The van der Waals surface area contributed by atoms with E-state index in [9.17, 15) is 0 Å². The van der Waals surface area contributed by atoms with Crippen LogP contribution in [0.3, 0.4) is 0 Å². The van der Waals surface area contributed by atoms with Gasteiger partial charge in [0.2, 0.25) is 11.7 Å². The fraction of sp³-hybridized carbons (Fsp3) is 0.857. The Kier molecular flexibility index (Phi) is 5.12. The molecule has 6 heteroatoms. The standard InChI is InChI=1S/C14H25N3O3/c1-5-14(4,19-7-3)13-16-12(20-17-13)10-8-18-9-11(10)15-6-2/h10-11,15H,5-9H2,1-4H3. The molecule has 1 saturated heterocycles. The average Bonchev–Trinajstić information content (AvgIpc) is 3.07. The van der Waals surface area contributed by atoms with E-state index in [1.165, 1.54) is 0 Å². The number of nitrogens with zero attached hydrogens (tertiary/aromatic N) is 2. The molecule has 2 rings (SSSR count). The summed E-state index contributed by atoms with van der Waals surface area (Å²) in [5.74, 6) is 1.39. The number of hydrogen-bond acceptors (Lipinski definition) is 6. The summed E-state index contributed by atoms with van der Waals surface area (Å²) >= 11 is 0. The van der Waals surface area contributed by atoms with E-state index in [0.717, 1.165) is 13.0 Å². The van der Waals surface area contributed by atoms with Gasteiger partial charge in [-0.05, 0) is 26.8 Å². The molecule has 0 saturated carbocycles. The van der Waals surface area contributed by atoms with Gasteiger partial charge >= 0.3 is 0 Å². The molecule has 0 amide bonds. The SMILES string of the molecule is CCNC1COCC1c1nc(C(C)(CC)OCC)no1. The van der Waals surface area contributed by atoms with Gasteiger partial charge in [0.1, 0.15) is 5.60 Å². The quantitative estimate of drug-likeness (QED) is 0.823. The van der Waals surface area contributed by atoms with E-state index in [1.54, 1.807) is 0 Å². The van der Waals surface area contributed by atoms with E-state index >= 15 is 0 Å². The maximum Gasteiger partial charge on any atom is 0.233 e. The van der Waals surface area contributed by atoms with Crippen molar-refractivity contribution in [2.24, 2.45) is 0 Å². The Labute approximate surface area is 120 Å². The molecule has 1 aliphatic rings. The van der Waals surface area contributed by atoms with Crippen molar-refractivity contribution >= 4 is 0 Å². The molecule has 1 fully saturated rings. The van der Waals surface area contributed by atoms with Crippen LogP contribution in [-0.4, -0.2) is 42.5 Å². The van der Waals surface area contributed by atoms with Crippen molar-refractivity contribution < 1.29 is 14.0 Å². The molecule has 6 nitrogen and oxygen atoms in total. The van der Waals surface area contributed by atoms with Gasteiger partial charge < -0.3 is 19.3 Å². The Morgan fingerprint density at radius 1 is 1.35 bits per heavy atom. The van der Waals surface area contributed by atoms with Crippen molar-refractivity contribution in [3.63, 3.8) is 0 Å². The molecule has 3 atom stereocenters. The van der Waals surface area contributed by atoms with Crippen molar-refractivity contribution in [1.29, 1.82) is 0 Å². The fourth-order valence-electron chi connectivity index (χ4n) is 2.50. The van der Waals surface area contributed by atoms with Crippen molar-refractivity contribution in [2.45, 2.75) is 51.7 Å². The monoisotopic (exact) mass is 283 g/mol. The van der Waals surface area contributed by atoms with Gasteiger partial charge in [-0.1, -0.05) is 19.0 Å². The minimum absolute atomic E-state index is 0.124. The number of hydrogen-bond donors (Lipinski definition) is 1. The smallest absolute Gasteiger partial charge is 0.233 e. The van der Waals surface area contributed by atoms with Crippen molar-refractivity contribution in [2.75, 3.05) is 26.4 Å². The lowest BCUT2D eigenvalue weighted by Gasteiger charge is -2.24. The van der Waals surface area contributed by atoms with Crippen LogP contribution in [0.4, 0.5) is 0 Å². The number of aromatic nitrogens is 2. The van der Waals surface area contributed by atoms with E-state index in [1.807, 2.05) is 13.8 Å². The summed E-state index contributed by atoms with van der Waals surface area (Å²) in [7, 11) is 0. The lowest BCUT2D eigenvalue weighted by molar-refractivity contribution is -0.0403. The topological polar surface area (TPSA) is 69.4 Å². The number of ether oxygens (including phenoxy) is 2. The summed E-state index contributed by atoms with van der Waals surface area (Å²) < 4.78 is 16.8. The Morgan fingerprint density at radius 3 is 2.80 bits per heavy atom. The molecule has 3 unspecified atom stereocenters. The normalized spacial score (nSPS) is 25.8. The molecule has 20 heavy (non-hydrogen) atoms. The van der Waals surface area contributed by atoms with Crippen molar-refractivity contribution in [1.82, 2.24) is 15.5 Å². The second-order valence-corrected chi connectivity index (χ2v) is 5.28. The molecule has 114 valence electrons. The second kappa shape index (κ2) is 6.65. The molecule has 1 aromatic rings. The summed E-state index contributed by atoms with van der Waals surface area (Å²) in [6, 6.07) is 0.244. The molecule has 0 radical (unpaired) electrons. The molecule has 0 spiro atoms. The van der Waals surface area contributed by atoms with Gasteiger partial charge in [-0.2, -0.15) is 4.98 Å². The van der Waals surface area contributed by atoms with Crippen LogP contribution in [0.1, 0.15) is 51.7 Å². The van der Waals surface area contributed by atoms with Gasteiger partial charge in [-0.3, -0.25) is 0 Å². The Balaban J connectivity index is 2.15. The zero-order chi connectivity index (χ0) is 14.6. The highest BCUT2D eigenvalue weighted by atomic mass is 16.5. The third kappa shape index (κ3) is 3.02. The maximum absolute atomic E-state index is 5.78. The minimum Gasteiger partial charge on any atom is -0.379 e. The maximum atomic E-state index is 5.78. The molecule has 1 aliphatic heterocycles. The molecule has 1 aromatic heterocycles. The predicted molar refractivity (Wildman–Crippen MR) is 74.6 cm³/mol. The van der Waals surface area contributed by atoms with Crippen molar-refractivity contribution in [3.05, 3.63) is 11.7 Å². The van der Waals surface area contributed by atoms with Gasteiger partial charge in [-0.25, -0.2) is 0 Å². The van der Waals surface area contributed by atoms with Gasteiger partial charge in [0.15, 0.2) is 0 Å². The first-order chi connectivity index (χ1) is 9.64. The largest absolute Gasteiger partial charge is 0.379 e. The molecule has 0 aliphatic carbocycles. The van der Waals surface area contributed by atoms with E-state index in [0.29, 0.717) is 31.5 Å². The molecule has 0 aromatic carbocycles. The highest BCUT2D eigenvalue weighted by Crippen LogP contribution is 2.30. The summed E-state index contributed by atoms with van der Waals surface area (Å²) in [4.78, 5) is 4.56. The lowest BCUT2D eigenvalue weighted by atomic mass is 10.0. The molecular weight excluding hydrogens is 258 g/mol. The van der Waals surface area contributed by atoms with Gasteiger partial charge in [-0.15, -0.1) is 0 Å². The summed E-state index contributed by atoms with van der Waals surface area (Å²) in [5.41, 5.74) is -0.482. The molecular formula is C14H25N3O3. The first-order valence-corrected chi connectivity index (χ1v) is 7.43. The molecule has 2 heterocycles. The predicted octanol–water partition coefficient (Wildman–Crippen LogP) is 1.82. The van der Waals surface area contributed by atoms with Crippen LogP contribution in [0.2, 0.25) is 0 Å². The number of likely N-dealkylation sites (N-methyl/N-ethyl adjacent to an activating group) is 1. The summed E-state index contributed by atoms with van der Waals surface area (Å²) in [5, 5.41) is 7.52. The Morgan fingerprint density at radius 2 is 2.15 bits per heavy atom. The summed E-state index contributed by atoms with van der Waals surface area (Å²) in [6.45, 7) is 10.9. The third-order valence-corrected chi connectivity index (χ3v) is 3.92. The highest BCUT2D eigenvalue weighted by Gasteiger charge is 2.36. The first kappa shape index (κ1) is 15.4. The van der Waals surface area contributed by atoms with Crippen LogP contribution in [-0.2, 0) is 15.1 Å². The van der Waals surface area contributed by atoms with Gasteiger partial charge in [0.05, 0.1) is 19.1 Å². The van der Waals surface area contributed by atoms with Crippen LogP contribution in [0.25, 0.3) is 0 Å². The van der Waals surface area contributed by atoms with Crippen LogP contribution in [0.15, 0.2) is 4.52 Å². The van der Waals surface area contributed by atoms with Crippen LogP contribution >= 0.6 is 0 Å². The van der Waals surface area contributed by atoms with E-state index in [2.05, 4.69) is 29.3 Å². The van der Waals surface area contributed by atoms with E-state index in [4.69, 9.17) is 14.0 Å². The molecule has 1 N–H and O–H groups in total. The zero-order valence-electron chi connectivity index (χ0n) is 12.8. The fourth-order valence-corrected chi connectivity index (χ4v) is 2.50. The highest BCUT2D eigenvalue weighted by molar-refractivity contribution is 5.06. The van der Waals surface area contributed by atoms with Crippen LogP contribution < -0.4 is 5.32 Å². The van der Waals surface area contributed by atoms with Gasteiger partial charge in [0.25, 0.3) is 0 Å². The Bertz CT molecular complexity index is 424. The van der Waals surface area contributed by atoms with Crippen molar-refractivity contribution in [3.8, 4) is 0 Å². The van der Waals surface area contributed by atoms with E-state index in [-0.39, 0.29) is 12.0 Å². The van der Waals surface area contributed by atoms with E-state index < -0.39 is 5.60 Å². The second-order valence-electron chi connectivity index (χ2n) is 5.28. The number of rotatable bonds is 7. The third-order valence-electron chi connectivity index (χ3n) is 3.92. The van der Waals surface area contributed by atoms with Gasteiger partial charge in [0, 0.05) is 12.6 Å². The number of nitrogens with one attached hydrogen (secondary N) is 1. The first-order valence-electron chi connectivity index (χ1n) is 7.43. The molecule has 0 bridgehead atoms. The summed E-state index contributed by atoms with van der Waals surface area (Å²) in [6.07, 6.45) is 0.803. The minimum atomic E-state index is -0.482. The van der Waals surface area contributed by atoms with Crippen LogP contribution in [0.5, 0.6) is 0 Å². The zero-order valence-corrected chi connectivity index (χ0v) is 12.8. The van der Waals surface area contributed by atoms with Crippen LogP contribution in [0, 0.1) is 0 Å². The average molecular weight is 283 g/mol. The lowest BCUT2D eigenvalue weighted by Crippen LogP contribution is -2.34.